The van der Waals surface area contributed by atoms with Gasteiger partial charge in [-0.2, -0.15) is 0 Å². The minimum absolute atomic E-state index is 0.554. The van der Waals surface area contributed by atoms with E-state index in [0.717, 1.165) is 34.8 Å². The molecule has 2 N–H and O–H groups in total. The van der Waals surface area contributed by atoms with Crippen LogP contribution in [-0.2, 0) is 13.0 Å². The van der Waals surface area contributed by atoms with E-state index in [2.05, 4.69) is 29.0 Å². The van der Waals surface area contributed by atoms with Gasteiger partial charge in [-0.25, -0.2) is 9.97 Å². The zero-order valence-electron chi connectivity index (χ0n) is 10.3. The monoisotopic (exact) mass is 227 g/mol. The van der Waals surface area contributed by atoms with E-state index in [0.29, 0.717) is 6.54 Å². The summed E-state index contributed by atoms with van der Waals surface area (Å²) in [6.45, 7) is 4.62. The van der Waals surface area contributed by atoms with Gasteiger partial charge in [0.2, 0.25) is 0 Å². The Morgan fingerprint density at radius 3 is 2.71 bits per heavy atom. The molecule has 1 aromatic heterocycles. The van der Waals surface area contributed by atoms with E-state index in [1.165, 1.54) is 0 Å². The molecule has 2 aromatic rings. The van der Waals surface area contributed by atoms with Crippen LogP contribution in [0.25, 0.3) is 11.3 Å². The average Bonchev–Trinajstić information content (AvgIpc) is 2.38. The molecule has 0 atom stereocenters. The summed E-state index contributed by atoms with van der Waals surface area (Å²) in [6, 6.07) is 10.2. The summed E-state index contributed by atoms with van der Waals surface area (Å²) in [5.74, 6) is 0.887. The van der Waals surface area contributed by atoms with Crippen molar-refractivity contribution in [2.24, 2.45) is 5.73 Å². The highest BCUT2D eigenvalue weighted by atomic mass is 14.9. The van der Waals surface area contributed by atoms with E-state index in [1.54, 1.807) is 0 Å². The first-order valence-electron chi connectivity index (χ1n) is 5.87. The highest BCUT2D eigenvalue weighted by molar-refractivity contribution is 5.60. The van der Waals surface area contributed by atoms with Gasteiger partial charge in [0.25, 0.3) is 0 Å². The molecule has 1 heterocycles. The van der Waals surface area contributed by atoms with Crippen LogP contribution in [0.1, 0.15) is 24.0 Å². The molecular weight excluding hydrogens is 210 g/mol. The van der Waals surface area contributed by atoms with Crippen LogP contribution in [0.4, 0.5) is 0 Å². The van der Waals surface area contributed by atoms with E-state index in [9.17, 15) is 0 Å². The molecule has 0 aliphatic carbocycles. The fraction of sp³-hybridized carbons (Fsp3) is 0.286. The molecule has 0 amide bonds. The number of aromatic nitrogens is 2. The molecule has 1 aromatic carbocycles. The van der Waals surface area contributed by atoms with Gasteiger partial charge in [-0.1, -0.05) is 25.1 Å². The number of nitrogens with zero attached hydrogens (tertiary/aromatic N) is 2. The van der Waals surface area contributed by atoms with Crippen molar-refractivity contribution in [2.75, 3.05) is 0 Å². The van der Waals surface area contributed by atoms with Crippen molar-refractivity contribution in [1.29, 1.82) is 0 Å². The molecule has 0 fully saturated rings. The van der Waals surface area contributed by atoms with Crippen LogP contribution < -0.4 is 5.73 Å². The lowest BCUT2D eigenvalue weighted by molar-refractivity contribution is 0.921. The average molecular weight is 227 g/mol. The third-order valence-corrected chi connectivity index (χ3v) is 2.68. The Kier molecular flexibility index (Phi) is 3.49. The Balaban J connectivity index is 2.47. The Morgan fingerprint density at radius 2 is 2.00 bits per heavy atom. The van der Waals surface area contributed by atoms with Gasteiger partial charge in [-0.05, 0) is 24.6 Å². The molecule has 0 radical (unpaired) electrons. The van der Waals surface area contributed by atoms with Gasteiger partial charge in [0.1, 0.15) is 5.82 Å². The molecular formula is C14H17N3. The molecule has 0 saturated carbocycles. The fourth-order valence-electron chi connectivity index (χ4n) is 1.79. The van der Waals surface area contributed by atoms with E-state index in [1.807, 2.05) is 25.1 Å². The normalized spacial score (nSPS) is 10.5. The van der Waals surface area contributed by atoms with Crippen molar-refractivity contribution in [2.45, 2.75) is 26.8 Å². The van der Waals surface area contributed by atoms with E-state index in [4.69, 9.17) is 5.73 Å². The van der Waals surface area contributed by atoms with Crippen LogP contribution in [0.5, 0.6) is 0 Å². The highest BCUT2D eigenvalue weighted by Crippen LogP contribution is 2.19. The molecule has 3 nitrogen and oxygen atoms in total. The highest BCUT2D eigenvalue weighted by Gasteiger charge is 2.04. The molecule has 3 heteroatoms. The second-order valence-corrected chi connectivity index (χ2v) is 4.07. The van der Waals surface area contributed by atoms with Crippen LogP contribution in [-0.4, -0.2) is 9.97 Å². The van der Waals surface area contributed by atoms with E-state index >= 15 is 0 Å². The summed E-state index contributed by atoms with van der Waals surface area (Å²) in [6.07, 6.45) is 0.852. The first kappa shape index (κ1) is 11.7. The lowest BCUT2D eigenvalue weighted by Crippen LogP contribution is -1.99. The third kappa shape index (κ3) is 2.68. The SMILES string of the molecule is CCc1nc(C)cc(-c2cccc(CN)c2)n1. The van der Waals surface area contributed by atoms with Crippen molar-refractivity contribution in [3.63, 3.8) is 0 Å². The Morgan fingerprint density at radius 1 is 1.18 bits per heavy atom. The topological polar surface area (TPSA) is 51.8 Å². The first-order chi connectivity index (χ1) is 8.22. The maximum Gasteiger partial charge on any atom is 0.128 e. The van der Waals surface area contributed by atoms with Crippen LogP contribution >= 0.6 is 0 Å². The van der Waals surface area contributed by atoms with Crippen molar-refractivity contribution in [1.82, 2.24) is 9.97 Å². The molecule has 17 heavy (non-hydrogen) atoms. The minimum Gasteiger partial charge on any atom is -0.326 e. The standard InChI is InChI=1S/C14H17N3/c1-3-14-16-10(2)7-13(17-14)12-6-4-5-11(8-12)9-15/h4-8H,3,9,15H2,1-2H3. The fourth-order valence-corrected chi connectivity index (χ4v) is 1.79. The predicted octanol–water partition coefficient (Wildman–Crippen LogP) is 2.47. The molecule has 0 bridgehead atoms. The lowest BCUT2D eigenvalue weighted by Gasteiger charge is -2.06. The van der Waals surface area contributed by atoms with Gasteiger partial charge in [0.15, 0.2) is 0 Å². The molecule has 0 saturated heterocycles. The van der Waals surface area contributed by atoms with Crippen molar-refractivity contribution >= 4 is 0 Å². The Bertz CT molecular complexity index is 521. The largest absolute Gasteiger partial charge is 0.326 e. The smallest absolute Gasteiger partial charge is 0.128 e. The predicted molar refractivity (Wildman–Crippen MR) is 69.5 cm³/mol. The molecule has 88 valence electrons. The molecule has 2 rings (SSSR count). The van der Waals surface area contributed by atoms with Gasteiger partial charge in [-0.15, -0.1) is 0 Å². The van der Waals surface area contributed by atoms with Gasteiger partial charge in [-0.3, -0.25) is 0 Å². The Hall–Kier alpha value is -1.74. The lowest BCUT2D eigenvalue weighted by atomic mass is 10.1. The second kappa shape index (κ2) is 5.06. The van der Waals surface area contributed by atoms with Crippen molar-refractivity contribution < 1.29 is 0 Å². The summed E-state index contributed by atoms with van der Waals surface area (Å²) in [5, 5.41) is 0. The van der Waals surface area contributed by atoms with Gasteiger partial charge in [0.05, 0.1) is 5.69 Å². The number of hydrogen-bond acceptors (Lipinski definition) is 3. The Labute approximate surface area is 102 Å². The molecule has 0 aliphatic rings. The number of hydrogen-bond donors (Lipinski definition) is 1. The second-order valence-electron chi connectivity index (χ2n) is 4.07. The van der Waals surface area contributed by atoms with Crippen LogP contribution in [0.3, 0.4) is 0 Å². The van der Waals surface area contributed by atoms with Gasteiger partial charge < -0.3 is 5.73 Å². The minimum atomic E-state index is 0.554. The molecule has 0 spiro atoms. The van der Waals surface area contributed by atoms with Crippen molar-refractivity contribution in [3.8, 4) is 11.3 Å². The summed E-state index contributed by atoms with van der Waals surface area (Å²) in [5.41, 5.74) is 9.86. The number of nitrogens with two attached hydrogens (primary N) is 1. The zero-order chi connectivity index (χ0) is 12.3. The summed E-state index contributed by atoms with van der Waals surface area (Å²) in [4.78, 5) is 8.93. The molecule has 0 unspecified atom stereocenters. The quantitative estimate of drug-likeness (QED) is 0.876. The number of aryl methyl sites for hydroxylation is 2. The van der Waals surface area contributed by atoms with Crippen LogP contribution in [0.2, 0.25) is 0 Å². The summed E-state index contributed by atoms with van der Waals surface area (Å²) < 4.78 is 0. The maximum absolute atomic E-state index is 5.65. The van der Waals surface area contributed by atoms with Gasteiger partial charge in [0, 0.05) is 24.2 Å². The van der Waals surface area contributed by atoms with E-state index < -0.39 is 0 Å². The van der Waals surface area contributed by atoms with E-state index in [-0.39, 0.29) is 0 Å². The van der Waals surface area contributed by atoms with Crippen molar-refractivity contribution in [3.05, 3.63) is 47.4 Å². The molecule has 0 aliphatic heterocycles. The number of rotatable bonds is 3. The first-order valence-corrected chi connectivity index (χ1v) is 5.87. The zero-order valence-corrected chi connectivity index (χ0v) is 10.3. The van der Waals surface area contributed by atoms with Crippen LogP contribution in [0, 0.1) is 6.92 Å². The summed E-state index contributed by atoms with van der Waals surface area (Å²) >= 11 is 0. The summed E-state index contributed by atoms with van der Waals surface area (Å²) in [7, 11) is 0. The maximum atomic E-state index is 5.65. The van der Waals surface area contributed by atoms with Gasteiger partial charge >= 0.3 is 0 Å². The third-order valence-electron chi connectivity index (χ3n) is 2.68. The number of benzene rings is 1. The van der Waals surface area contributed by atoms with Crippen LogP contribution in [0.15, 0.2) is 30.3 Å².